The smallest absolute Gasteiger partial charge is 0.165 e. The number of nitrogens with zero attached hydrogens (tertiary/aromatic N) is 6. The summed E-state index contributed by atoms with van der Waals surface area (Å²) in [6.45, 7) is 9.48. The summed E-state index contributed by atoms with van der Waals surface area (Å²) < 4.78 is 1.91. The van der Waals surface area contributed by atoms with E-state index in [1.54, 1.807) is 0 Å². The second kappa shape index (κ2) is 7.47. The lowest BCUT2D eigenvalue weighted by Gasteiger charge is -2.20. The fourth-order valence-corrected chi connectivity index (χ4v) is 2.91. The van der Waals surface area contributed by atoms with E-state index in [4.69, 9.17) is 0 Å². The van der Waals surface area contributed by atoms with Gasteiger partial charge in [0.25, 0.3) is 0 Å². The summed E-state index contributed by atoms with van der Waals surface area (Å²) in [6, 6.07) is 10.3. The average molecular weight is 300 g/mol. The highest BCUT2D eigenvalue weighted by Crippen LogP contribution is 2.08. The molecule has 0 radical (unpaired) electrons. The Kier molecular flexibility index (Phi) is 5.13. The fourth-order valence-electron chi connectivity index (χ4n) is 2.91. The van der Waals surface area contributed by atoms with Crippen LogP contribution in [0.2, 0.25) is 0 Å². The van der Waals surface area contributed by atoms with Crippen molar-refractivity contribution in [2.75, 3.05) is 32.7 Å². The first-order valence-electron chi connectivity index (χ1n) is 8.09. The van der Waals surface area contributed by atoms with Crippen molar-refractivity contribution in [1.82, 2.24) is 30.0 Å². The van der Waals surface area contributed by atoms with Crippen LogP contribution in [0.25, 0.3) is 0 Å². The SMILES string of the molecule is CCN1CCCN(Cc2nnnn2Cc2ccccc2)CC1. The van der Waals surface area contributed by atoms with Crippen molar-refractivity contribution in [3.63, 3.8) is 0 Å². The molecule has 1 saturated heterocycles. The molecule has 1 fully saturated rings. The van der Waals surface area contributed by atoms with E-state index in [1.807, 2.05) is 22.9 Å². The third-order valence-electron chi connectivity index (χ3n) is 4.27. The molecule has 6 nitrogen and oxygen atoms in total. The van der Waals surface area contributed by atoms with Gasteiger partial charge in [-0.05, 0) is 42.0 Å². The Balaban J connectivity index is 1.62. The van der Waals surface area contributed by atoms with Crippen LogP contribution in [0.4, 0.5) is 0 Å². The molecule has 1 aromatic carbocycles. The van der Waals surface area contributed by atoms with E-state index in [1.165, 1.54) is 18.5 Å². The van der Waals surface area contributed by atoms with Crippen molar-refractivity contribution in [2.45, 2.75) is 26.4 Å². The van der Waals surface area contributed by atoms with E-state index in [0.717, 1.165) is 45.1 Å². The van der Waals surface area contributed by atoms with E-state index in [0.29, 0.717) is 0 Å². The second-order valence-corrected chi connectivity index (χ2v) is 5.80. The zero-order valence-electron chi connectivity index (χ0n) is 13.2. The molecule has 0 saturated carbocycles. The van der Waals surface area contributed by atoms with E-state index in [2.05, 4.69) is 44.4 Å². The fraction of sp³-hybridized carbons (Fsp3) is 0.562. The van der Waals surface area contributed by atoms with Gasteiger partial charge in [-0.25, -0.2) is 4.68 Å². The number of aromatic nitrogens is 4. The van der Waals surface area contributed by atoms with Gasteiger partial charge in [-0.3, -0.25) is 4.90 Å². The van der Waals surface area contributed by atoms with Crippen LogP contribution in [0.15, 0.2) is 30.3 Å². The van der Waals surface area contributed by atoms with Crippen LogP contribution < -0.4 is 0 Å². The van der Waals surface area contributed by atoms with Crippen molar-refractivity contribution in [1.29, 1.82) is 0 Å². The lowest BCUT2D eigenvalue weighted by Crippen LogP contribution is -2.31. The van der Waals surface area contributed by atoms with Crippen LogP contribution in [0.3, 0.4) is 0 Å². The summed E-state index contributed by atoms with van der Waals surface area (Å²) in [5.74, 6) is 0.953. The van der Waals surface area contributed by atoms with Gasteiger partial charge in [0.2, 0.25) is 0 Å². The Hall–Kier alpha value is -1.79. The van der Waals surface area contributed by atoms with Gasteiger partial charge in [-0.2, -0.15) is 0 Å². The molecule has 1 aliphatic rings. The Morgan fingerprint density at radius 2 is 1.73 bits per heavy atom. The molecule has 2 heterocycles. The maximum absolute atomic E-state index is 4.22. The van der Waals surface area contributed by atoms with E-state index < -0.39 is 0 Å². The lowest BCUT2D eigenvalue weighted by molar-refractivity contribution is 0.249. The molecule has 0 atom stereocenters. The lowest BCUT2D eigenvalue weighted by atomic mass is 10.2. The molecule has 3 rings (SSSR count). The Morgan fingerprint density at radius 1 is 0.955 bits per heavy atom. The highest BCUT2D eigenvalue weighted by molar-refractivity contribution is 5.14. The molecular formula is C16H24N6. The van der Waals surface area contributed by atoms with Crippen LogP contribution in [-0.2, 0) is 13.1 Å². The van der Waals surface area contributed by atoms with Gasteiger partial charge >= 0.3 is 0 Å². The summed E-state index contributed by atoms with van der Waals surface area (Å²) in [7, 11) is 0. The first-order valence-corrected chi connectivity index (χ1v) is 8.09. The van der Waals surface area contributed by atoms with E-state index in [9.17, 15) is 0 Å². The number of benzene rings is 1. The molecule has 0 spiro atoms. The molecule has 2 aromatic rings. The van der Waals surface area contributed by atoms with Gasteiger partial charge < -0.3 is 4.90 Å². The van der Waals surface area contributed by atoms with Crippen molar-refractivity contribution in [3.05, 3.63) is 41.7 Å². The highest BCUT2D eigenvalue weighted by atomic mass is 15.5. The van der Waals surface area contributed by atoms with Crippen molar-refractivity contribution >= 4 is 0 Å². The first kappa shape index (κ1) is 15.1. The second-order valence-electron chi connectivity index (χ2n) is 5.80. The van der Waals surface area contributed by atoms with Gasteiger partial charge in [-0.1, -0.05) is 37.3 Å². The molecule has 0 N–H and O–H groups in total. The van der Waals surface area contributed by atoms with Crippen LogP contribution in [0, 0.1) is 0 Å². The van der Waals surface area contributed by atoms with E-state index in [-0.39, 0.29) is 0 Å². The van der Waals surface area contributed by atoms with Gasteiger partial charge in [0, 0.05) is 13.1 Å². The number of hydrogen-bond donors (Lipinski definition) is 0. The van der Waals surface area contributed by atoms with Crippen molar-refractivity contribution in [3.8, 4) is 0 Å². The third-order valence-corrected chi connectivity index (χ3v) is 4.27. The van der Waals surface area contributed by atoms with Gasteiger partial charge in [-0.15, -0.1) is 5.10 Å². The molecule has 6 heteroatoms. The van der Waals surface area contributed by atoms with Gasteiger partial charge in [0.15, 0.2) is 5.82 Å². The minimum absolute atomic E-state index is 0.734. The monoisotopic (exact) mass is 300 g/mol. The molecule has 1 aromatic heterocycles. The van der Waals surface area contributed by atoms with Gasteiger partial charge in [0.05, 0.1) is 13.1 Å². The zero-order valence-corrected chi connectivity index (χ0v) is 13.2. The quantitative estimate of drug-likeness (QED) is 0.832. The zero-order chi connectivity index (χ0) is 15.2. The van der Waals surface area contributed by atoms with E-state index >= 15 is 0 Å². The number of hydrogen-bond acceptors (Lipinski definition) is 5. The predicted octanol–water partition coefficient (Wildman–Crippen LogP) is 1.25. The molecular weight excluding hydrogens is 276 g/mol. The minimum Gasteiger partial charge on any atom is -0.302 e. The largest absolute Gasteiger partial charge is 0.302 e. The number of tetrazole rings is 1. The van der Waals surface area contributed by atoms with Crippen LogP contribution in [0.1, 0.15) is 24.7 Å². The van der Waals surface area contributed by atoms with Crippen molar-refractivity contribution in [2.24, 2.45) is 0 Å². The maximum atomic E-state index is 4.22. The molecule has 0 aliphatic carbocycles. The third kappa shape index (κ3) is 3.90. The average Bonchev–Trinajstić information content (AvgIpc) is 2.84. The Labute approximate surface area is 131 Å². The van der Waals surface area contributed by atoms with Crippen LogP contribution in [-0.4, -0.2) is 62.7 Å². The predicted molar refractivity (Wildman–Crippen MR) is 85.4 cm³/mol. The highest BCUT2D eigenvalue weighted by Gasteiger charge is 2.16. The van der Waals surface area contributed by atoms with Crippen LogP contribution in [0.5, 0.6) is 0 Å². The standard InChI is InChI=1S/C16H24N6/c1-2-20-9-6-10-21(12-11-20)14-16-17-18-19-22(16)13-15-7-4-3-5-8-15/h3-5,7-8H,2,6,9-14H2,1H3. The van der Waals surface area contributed by atoms with Crippen molar-refractivity contribution < 1.29 is 0 Å². The number of likely N-dealkylation sites (N-methyl/N-ethyl adjacent to an activating group) is 1. The topological polar surface area (TPSA) is 50.1 Å². The minimum atomic E-state index is 0.734. The first-order chi connectivity index (χ1) is 10.8. The molecule has 118 valence electrons. The van der Waals surface area contributed by atoms with Gasteiger partial charge in [0.1, 0.15) is 0 Å². The molecule has 0 unspecified atom stereocenters. The van der Waals surface area contributed by atoms with Crippen LogP contribution >= 0.6 is 0 Å². The summed E-state index contributed by atoms with van der Waals surface area (Å²) in [4.78, 5) is 4.97. The Morgan fingerprint density at radius 3 is 2.55 bits per heavy atom. The summed E-state index contributed by atoms with van der Waals surface area (Å²) >= 11 is 0. The summed E-state index contributed by atoms with van der Waals surface area (Å²) in [5, 5.41) is 12.2. The molecule has 0 amide bonds. The number of rotatable bonds is 5. The Bertz CT molecular complexity index is 567. The maximum Gasteiger partial charge on any atom is 0.165 e. The molecule has 1 aliphatic heterocycles. The summed E-state index contributed by atoms with van der Waals surface area (Å²) in [6.07, 6.45) is 1.22. The molecule has 22 heavy (non-hydrogen) atoms. The molecule has 0 bridgehead atoms. The normalized spacial score (nSPS) is 17.5. The summed E-state index contributed by atoms with van der Waals surface area (Å²) in [5.41, 5.74) is 1.23.